The van der Waals surface area contributed by atoms with Crippen molar-refractivity contribution in [3.05, 3.63) is 58.6 Å². The first-order valence-corrected chi connectivity index (χ1v) is 8.24. The number of nitrogens with one attached hydrogen (secondary N) is 2. The fourth-order valence-corrected chi connectivity index (χ4v) is 2.32. The summed E-state index contributed by atoms with van der Waals surface area (Å²) >= 11 is 6.15. The number of hydrogen-bond acceptors (Lipinski definition) is 4. The van der Waals surface area contributed by atoms with Crippen molar-refractivity contribution in [2.75, 3.05) is 18.5 Å². The molecule has 0 aliphatic rings. The van der Waals surface area contributed by atoms with Gasteiger partial charge < -0.3 is 26.0 Å². The van der Waals surface area contributed by atoms with Crippen molar-refractivity contribution < 1.29 is 15.3 Å². The van der Waals surface area contributed by atoms with Crippen molar-refractivity contribution in [2.24, 2.45) is 4.99 Å². The van der Waals surface area contributed by atoms with E-state index in [1.165, 1.54) is 0 Å². The third-order valence-corrected chi connectivity index (χ3v) is 3.91. The number of halogens is 1. The Morgan fingerprint density at radius 1 is 1.24 bits per heavy atom. The molecule has 0 amide bonds. The van der Waals surface area contributed by atoms with Gasteiger partial charge in [0.15, 0.2) is 5.96 Å². The molecule has 0 spiro atoms. The molecule has 2 aromatic rings. The summed E-state index contributed by atoms with van der Waals surface area (Å²) in [7, 11) is 0. The van der Waals surface area contributed by atoms with Crippen LogP contribution in [0.15, 0.2) is 47.5 Å². The highest BCUT2D eigenvalue weighted by Crippen LogP contribution is 2.20. The fourth-order valence-electron chi connectivity index (χ4n) is 2.13. The van der Waals surface area contributed by atoms with Crippen LogP contribution in [0.4, 0.5) is 5.69 Å². The maximum atomic E-state index is 9.54. The SMILES string of the molecule is Cc1cc(O)ccc1NC(=NCc1ccccc1Cl)NCC(O)CO. The maximum absolute atomic E-state index is 9.54. The molecule has 1 atom stereocenters. The summed E-state index contributed by atoms with van der Waals surface area (Å²) in [5, 5.41) is 34.8. The number of phenols is 1. The summed E-state index contributed by atoms with van der Waals surface area (Å²) in [6, 6.07) is 12.4. The zero-order valence-electron chi connectivity index (χ0n) is 13.9. The molecule has 1 unspecified atom stereocenters. The molecule has 0 radical (unpaired) electrons. The first-order valence-electron chi connectivity index (χ1n) is 7.87. The minimum absolute atomic E-state index is 0.141. The number of aromatic hydroxyl groups is 1. The smallest absolute Gasteiger partial charge is 0.196 e. The molecular formula is C18H22ClN3O3. The van der Waals surface area contributed by atoms with Crippen LogP contribution < -0.4 is 10.6 Å². The number of phenolic OH excluding ortho intramolecular Hbond substituents is 1. The Bertz CT molecular complexity index is 737. The average molecular weight is 364 g/mol. The van der Waals surface area contributed by atoms with Gasteiger partial charge in [-0.15, -0.1) is 0 Å². The molecule has 2 rings (SSSR count). The zero-order chi connectivity index (χ0) is 18.2. The molecule has 6 nitrogen and oxygen atoms in total. The summed E-state index contributed by atoms with van der Waals surface area (Å²) in [5.74, 6) is 0.613. The Balaban J connectivity index is 2.16. The van der Waals surface area contributed by atoms with E-state index < -0.39 is 6.10 Å². The van der Waals surface area contributed by atoms with Gasteiger partial charge in [0.2, 0.25) is 0 Å². The van der Waals surface area contributed by atoms with E-state index in [1.807, 2.05) is 25.1 Å². The van der Waals surface area contributed by atoms with Crippen LogP contribution in [-0.2, 0) is 6.54 Å². The quantitative estimate of drug-likeness (QED) is 0.308. The number of aliphatic hydroxyl groups is 2. The molecule has 0 aliphatic carbocycles. The largest absolute Gasteiger partial charge is 0.508 e. The van der Waals surface area contributed by atoms with E-state index in [1.54, 1.807) is 24.3 Å². The molecule has 0 saturated carbocycles. The topological polar surface area (TPSA) is 97.1 Å². The van der Waals surface area contributed by atoms with Gasteiger partial charge in [-0.1, -0.05) is 29.8 Å². The normalized spacial score (nSPS) is 12.7. The van der Waals surface area contributed by atoms with Gasteiger partial charge in [0.05, 0.1) is 19.3 Å². The number of hydrogen-bond donors (Lipinski definition) is 5. The number of guanidine groups is 1. The van der Waals surface area contributed by atoms with Crippen molar-refractivity contribution in [1.82, 2.24) is 5.32 Å². The first-order chi connectivity index (χ1) is 12.0. The Labute approximate surface area is 151 Å². The highest BCUT2D eigenvalue weighted by atomic mass is 35.5. The zero-order valence-corrected chi connectivity index (χ0v) is 14.7. The van der Waals surface area contributed by atoms with E-state index in [0.29, 0.717) is 17.5 Å². The molecule has 0 saturated heterocycles. The number of anilines is 1. The van der Waals surface area contributed by atoms with Crippen LogP contribution in [-0.4, -0.2) is 40.5 Å². The number of rotatable bonds is 6. The van der Waals surface area contributed by atoms with Crippen LogP contribution >= 0.6 is 11.6 Å². The van der Waals surface area contributed by atoms with Crippen LogP contribution in [0.5, 0.6) is 5.75 Å². The van der Waals surface area contributed by atoms with E-state index in [4.69, 9.17) is 16.7 Å². The lowest BCUT2D eigenvalue weighted by molar-refractivity contribution is 0.0982. The predicted molar refractivity (Wildman–Crippen MR) is 100 cm³/mol. The second-order valence-electron chi connectivity index (χ2n) is 5.60. The predicted octanol–water partition coefficient (Wildman–Crippen LogP) is 2.26. The summed E-state index contributed by atoms with van der Waals surface area (Å²) in [6.07, 6.45) is -0.895. The monoisotopic (exact) mass is 363 g/mol. The number of aliphatic imine (C=N–C) groups is 1. The molecule has 25 heavy (non-hydrogen) atoms. The molecule has 0 bridgehead atoms. The van der Waals surface area contributed by atoms with Gasteiger partial charge in [-0.3, -0.25) is 0 Å². The van der Waals surface area contributed by atoms with Gasteiger partial charge >= 0.3 is 0 Å². The molecule has 5 N–H and O–H groups in total. The lowest BCUT2D eigenvalue weighted by Gasteiger charge is -2.16. The maximum Gasteiger partial charge on any atom is 0.196 e. The molecule has 0 aliphatic heterocycles. The third kappa shape index (κ3) is 5.94. The van der Waals surface area contributed by atoms with Crippen molar-refractivity contribution in [3.8, 4) is 5.75 Å². The van der Waals surface area contributed by atoms with Crippen LogP contribution in [0.3, 0.4) is 0 Å². The highest BCUT2D eigenvalue weighted by Gasteiger charge is 2.07. The van der Waals surface area contributed by atoms with Gasteiger partial charge in [0.1, 0.15) is 5.75 Å². The molecule has 134 valence electrons. The lowest BCUT2D eigenvalue weighted by Crippen LogP contribution is -2.38. The van der Waals surface area contributed by atoms with E-state index in [2.05, 4.69) is 15.6 Å². The number of benzene rings is 2. The standard InChI is InChI=1S/C18H22ClN3O3/c1-12-8-14(24)6-7-17(12)22-18(21-10-15(25)11-23)20-9-13-4-2-3-5-16(13)19/h2-8,15,23-25H,9-11H2,1H3,(H2,20,21,22). The molecular weight excluding hydrogens is 342 g/mol. The van der Waals surface area contributed by atoms with Gasteiger partial charge in [-0.2, -0.15) is 0 Å². The van der Waals surface area contributed by atoms with Crippen LogP contribution in [0.1, 0.15) is 11.1 Å². The van der Waals surface area contributed by atoms with E-state index in [0.717, 1.165) is 16.8 Å². The number of nitrogens with zero attached hydrogens (tertiary/aromatic N) is 1. The molecule has 0 aromatic heterocycles. The van der Waals surface area contributed by atoms with Crippen LogP contribution in [0, 0.1) is 6.92 Å². The van der Waals surface area contributed by atoms with Gasteiger partial charge in [0, 0.05) is 17.3 Å². The second kappa shape index (κ2) is 9.27. The van der Waals surface area contributed by atoms with Crippen molar-refractivity contribution in [2.45, 2.75) is 19.6 Å². The van der Waals surface area contributed by atoms with Crippen molar-refractivity contribution >= 4 is 23.2 Å². The Kier molecular flexibility index (Phi) is 7.06. The summed E-state index contributed by atoms with van der Waals surface area (Å²) in [4.78, 5) is 4.47. The van der Waals surface area contributed by atoms with Crippen LogP contribution in [0.2, 0.25) is 5.02 Å². The minimum Gasteiger partial charge on any atom is -0.508 e. The van der Waals surface area contributed by atoms with Crippen molar-refractivity contribution in [1.29, 1.82) is 0 Å². The lowest BCUT2D eigenvalue weighted by atomic mass is 10.2. The molecule has 7 heteroatoms. The number of aryl methyl sites for hydroxylation is 1. The summed E-state index contributed by atoms with van der Waals surface area (Å²) in [6.45, 7) is 2.00. The van der Waals surface area contributed by atoms with Crippen LogP contribution in [0.25, 0.3) is 0 Å². The van der Waals surface area contributed by atoms with E-state index in [9.17, 15) is 10.2 Å². The van der Waals surface area contributed by atoms with E-state index >= 15 is 0 Å². The van der Waals surface area contributed by atoms with E-state index in [-0.39, 0.29) is 18.9 Å². The average Bonchev–Trinajstić information content (AvgIpc) is 2.60. The van der Waals surface area contributed by atoms with Gasteiger partial charge in [-0.05, 0) is 42.3 Å². The molecule has 0 fully saturated rings. The Hall–Kier alpha value is -2.28. The third-order valence-electron chi connectivity index (χ3n) is 3.54. The van der Waals surface area contributed by atoms with Gasteiger partial charge in [0.25, 0.3) is 0 Å². The Morgan fingerprint density at radius 3 is 2.68 bits per heavy atom. The molecule has 0 heterocycles. The highest BCUT2D eigenvalue weighted by molar-refractivity contribution is 6.31. The first kappa shape index (κ1) is 19.1. The van der Waals surface area contributed by atoms with Crippen molar-refractivity contribution in [3.63, 3.8) is 0 Å². The molecule has 2 aromatic carbocycles. The fraction of sp³-hybridized carbons (Fsp3) is 0.278. The second-order valence-corrected chi connectivity index (χ2v) is 6.00. The Morgan fingerprint density at radius 2 is 2.00 bits per heavy atom. The summed E-state index contributed by atoms with van der Waals surface area (Å²) < 4.78 is 0. The minimum atomic E-state index is -0.895. The number of aliphatic hydroxyl groups excluding tert-OH is 2. The summed E-state index contributed by atoms with van der Waals surface area (Å²) in [5.41, 5.74) is 2.48. The van der Waals surface area contributed by atoms with Gasteiger partial charge in [-0.25, -0.2) is 4.99 Å².